The average Bonchev–Trinajstić information content (AvgIpc) is 3.34. The van der Waals surface area contributed by atoms with Crippen LogP contribution in [0.15, 0.2) is 66.0 Å². The van der Waals surface area contributed by atoms with Gasteiger partial charge in [0.1, 0.15) is 11.9 Å². The number of nitrogen functional groups attached to an aromatic ring is 1. The van der Waals surface area contributed by atoms with Crippen molar-refractivity contribution in [3.63, 3.8) is 0 Å². The second-order valence-corrected chi connectivity index (χ2v) is 9.76. The minimum Gasteiger partial charge on any atom is -0.611 e. The van der Waals surface area contributed by atoms with Crippen LogP contribution in [-0.4, -0.2) is 38.4 Å². The van der Waals surface area contributed by atoms with Gasteiger partial charge in [-0.05, 0) is 66.5 Å². The van der Waals surface area contributed by atoms with Crippen LogP contribution in [0.4, 0.5) is 5.69 Å². The van der Waals surface area contributed by atoms with E-state index < -0.39 is 17.0 Å². The first-order chi connectivity index (χ1) is 14.9. The molecule has 1 aromatic heterocycles. The molecule has 6 nitrogen and oxygen atoms in total. The van der Waals surface area contributed by atoms with Crippen LogP contribution in [0.1, 0.15) is 17.7 Å². The highest BCUT2D eigenvalue weighted by molar-refractivity contribution is 7.91. The molecular weight excluding hydrogens is 434 g/mol. The van der Waals surface area contributed by atoms with E-state index in [2.05, 4.69) is 4.98 Å². The van der Waals surface area contributed by atoms with Gasteiger partial charge in [-0.3, -0.25) is 0 Å². The maximum atomic E-state index is 12.8. The van der Waals surface area contributed by atoms with Gasteiger partial charge in [-0.1, -0.05) is 23.7 Å². The molecule has 0 aliphatic carbocycles. The summed E-state index contributed by atoms with van der Waals surface area (Å²) in [5.41, 5.74) is 8.58. The van der Waals surface area contributed by atoms with Crippen LogP contribution >= 0.6 is 11.6 Å². The van der Waals surface area contributed by atoms with E-state index in [9.17, 15) is 4.55 Å². The average molecular weight is 460 g/mol. The lowest BCUT2D eigenvalue weighted by atomic mass is 10.0. The third kappa shape index (κ3) is 5.61. The Bertz CT molecular complexity index is 996. The molecule has 4 rings (SSSR count). The number of hydrogen-bond acceptors (Lipinski definition) is 5. The van der Waals surface area contributed by atoms with E-state index in [1.54, 1.807) is 30.6 Å². The largest absolute Gasteiger partial charge is 0.611 e. The van der Waals surface area contributed by atoms with Gasteiger partial charge in [0.25, 0.3) is 0 Å². The number of imidazole rings is 1. The van der Waals surface area contributed by atoms with Crippen molar-refractivity contribution in [2.75, 3.05) is 18.1 Å². The van der Waals surface area contributed by atoms with Crippen LogP contribution < -0.4 is 5.73 Å². The van der Waals surface area contributed by atoms with Crippen molar-refractivity contribution in [1.82, 2.24) is 9.55 Å². The molecule has 1 saturated heterocycles. The molecule has 2 aromatic carbocycles. The second-order valence-electron chi connectivity index (χ2n) is 7.83. The fraction of sp³-hybridized carbons (Fsp3) is 0.348. The Morgan fingerprint density at radius 3 is 2.65 bits per heavy atom. The number of nitrogens with zero attached hydrogens (tertiary/aromatic N) is 2. The summed E-state index contributed by atoms with van der Waals surface area (Å²) in [6.45, 7) is 2.93. The first kappa shape index (κ1) is 22.2. The molecule has 1 aliphatic rings. The minimum absolute atomic E-state index is 0.257. The van der Waals surface area contributed by atoms with Gasteiger partial charge in [-0.25, -0.2) is 4.98 Å². The molecule has 0 saturated carbocycles. The summed E-state index contributed by atoms with van der Waals surface area (Å²) in [6.07, 6.45) is 4.78. The quantitative estimate of drug-likeness (QED) is 0.406. The van der Waals surface area contributed by atoms with E-state index in [4.69, 9.17) is 26.8 Å². The van der Waals surface area contributed by atoms with E-state index in [1.807, 2.05) is 42.0 Å². The lowest BCUT2D eigenvalue weighted by molar-refractivity contribution is -0.180. The molecule has 3 atom stereocenters. The summed E-state index contributed by atoms with van der Waals surface area (Å²) in [7, 11) is 0. The molecular formula is C23H26ClN3O3S. The Hall–Kier alpha value is -2.03. The minimum atomic E-state index is -1.19. The zero-order valence-corrected chi connectivity index (χ0v) is 18.9. The SMILES string of the molecule is Cc1cncn1CC1(CCc2ccc(Cl)cc2)OCC(C[S+]([O-])c2ccc(N)cc2)O1. The molecule has 3 unspecified atom stereocenters. The van der Waals surface area contributed by atoms with Crippen molar-refractivity contribution in [3.8, 4) is 0 Å². The Balaban J connectivity index is 1.46. The van der Waals surface area contributed by atoms with Crippen molar-refractivity contribution in [1.29, 1.82) is 0 Å². The van der Waals surface area contributed by atoms with Crippen molar-refractivity contribution < 1.29 is 14.0 Å². The van der Waals surface area contributed by atoms with Gasteiger partial charge in [0.05, 0.1) is 19.5 Å². The van der Waals surface area contributed by atoms with Gasteiger partial charge in [0.15, 0.2) is 10.7 Å². The molecule has 0 radical (unpaired) electrons. The number of anilines is 1. The number of hydrogen-bond donors (Lipinski definition) is 1. The molecule has 3 aromatic rings. The molecule has 2 heterocycles. The van der Waals surface area contributed by atoms with Gasteiger partial charge in [-0.2, -0.15) is 0 Å². The van der Waals surface area contributed by atoms with E-state index in [1.165, 1.54) is 0 Å². The number of aromatic nitrogens is 2. The standard InChI is InChI=1S/C23H26ClN3O3S/c1-17-12-26-16-27(17)15-23(11-10-18-2-4-19(24)5-3-18)29-13-21(30-23)14-31(28)22-8-6-20(25)7-9-22/h2-9,12,16,21H,10-11,13-15,25H2,1H3. The normalized spacial score (nSPS) is 22.0. The second kappa shape index (κ2) is 9.63. The predicted octanol–water partition coefficient (Wildman–Crippen LogP) is 3.98. The summed E-state index contributed by atoms with van der Waals surface area (Å²) < 4.78 is 27.5. The van der Waals surface area contributed by atoms with Crippen LogP contribution in [0.25, 0.3) is 0 Å². The highest BCUT2D eigenvalue weighted by Gasteiger charge is 2.43. The molecule has 1 fully saturated rings. The Labute approximate surface area is 190 Å². The first-order valence-corrected chi connectivity index (χ1v) is 11.9. The number of rotatable bonds is 8. The van der Waals surface area contributed by atoms with Gasteiger partial charge in [0.2, 0.25) is 0 Å². The summed E-state index contributed by atoms with van der Waals surface area (Å²) in [5.74, 6) is -0.434. The van der Waals surface area contributed by atoms with Crippen molar-refractivity contribution in [2.45, 2.75) is 43.1 Å². The van der Waals surface area contributed by atoms with Gasteiger partial charge in [0, 0.05) is 29.0 Å². The maximum absolute atomic E-state index is 12.8. The maximum Gasteiger partial charge on any atom is 0.187 e. The van der Waals surface area contributed by atoms with Crippen molar-refractivity contribution >= 4 is 28.5 Å². The number of aryl methyl sites for hydroxylation is 2. The van der Waals surface area contributed by atoms with Crippen LogP contribution in [0.2, 0.25) is 5.02 Å². The monoisotopic (exact) mass is 459 g/mol. The molecule has 1 aliphatic heterocycles. The third-order valence-corrected chi connectivity index (χ3v) is 7.16. The highest BCUT2D eigenvalue weighted by Crippen LogP contribution is 2.32. The van der Waals surface area contributed by atoms with E-state index in [0.717, 1.165) is 22.6 Å². The van der Waals surface area contributed by atoms with E-state index in [-0.39, 0.29) is 6.10 Å². The van der Waals surface area contributed by atoms with Crippen LogP contribution in [0.3, 0.4) is 0 Å². The summed E-state index contributed by atoms with van der Waals surface area (Å²) in [6, 6.07) is 14.9. The predicted molar refractivity (Wildman–Crippen MR) is 122 cm³/mol. The molecule has 8 heteroatoms. The molecule has 2 N–H and O–H groups in total. The van der Waals surface area contributed by atoms with Crippen LogP contribution in [0.5, 0.6) is 0 Å². The fourth-order valence-corrected chi connectivity index (χ4v) is 4.93. The van der Waals surface area contributed by atoms with E-state index >= 15 is 0 Å². The molecule has 0 bridgehead atoms. The van der Waals surface area contributed by atoms with Gasteiger partial charge in [-0.15, -0.1) is 0 Å². The lowest BCUT2D eigenvalue weighted by Gasteiger charge is -2.29. The number of benzene rings is 2. The zero-order chi connectivity index (χ0) is 21.8. The number of halogens is 1. The Kier molecular flexibility index (Phi) is 6.89. The fourth-order valence-electron chi connectivity index (χ4n) is 3.67. The number of nitrogens with two attached hydrogens (primary N) is 1. The Morgan fingerprint density at radius 2 is 1.97 bits per heavy atom. The number of ether oxygens (including phenoxy) is 2. The summed E-state index contributed by atoms with van der Waals surface area (Å²) >= 11 is 4.82. The van der Waals surface area contributed by atoms with Crippen molar-refractivity contribution in [3.05, 3.63) is 77.3 Å². The topological polar surface area (TPSA) is 85.4 Å². The smallest absolute Gasteiger partial charge is 0.187 e. The third-order valence-electron chi connectivity index (χ3n) is 5.43. The Morgan fingerprint density at radius 1 is 1.23 bits per heavy atom. The zero-order valence-electron chi connectivity index (χ0n) is 17.4. The molecule has 31 heavy (non-hydrogen) atoms. The van der Waals surface area contributed by atoms with Gasteiger partial charge < -0.3 is 24.3 Å². The van der Waals surface area contributed by atoms with Crippen LogP contribution in [0, 0.1) is 6.92 Å². The molecule has 0 amide bonds. The first-order valence-electron chi connectivity index (χ1n) is 10.2. The lowest BCUT2D eigenvalue weighted by Crippen LogP contribution is -2.38. The highest BCUT2D eigenvalue weighted by atomic mass is 35.5. The van der Waals surface area contributed by atoms with Crippen LogP contribution in [-0.2, 0) is 33.6 Å². The van der Waals surface area contributed by atoms with Gasteiger partial charge >= 0.3 is 0 Å². The van der Waals surface area contributed by atoms with E-state index in [0.29, 0.717) is 36.0 Å². The van der Waals surface area contributed by atoms with Crippen molar-refractivity contribution in [2.24, 2.45) is 0 Å². The molecule has 164 valence electrons. The summed E-state index contributed by atoms with van der Waals surface area (Å²) in [4.78, 5) is 4.95. The summed E-state index contributed by atoms with van der Waals surface area (Å²) in [5, 5.41) is 0.714. The molecule has 0 spiro atoms.